The number of benzene rings is 2. The molecule has 1 unspecified atom stereocenters. The molecular weight excluding hydrogens is 402 g/mol. The Morgan fingerprint density at radius 2 is 1.97 bits per heavy atom. The fourth-order valence-corrected chi connectivity index (χ4v) is 4.44. The molecule has 0 fully saturated rings. The number of anilines is 2. The van der Waals surface area contributed by atoms with E-state index in [0.717, 1.165) is 27.9 Å². The Morgan fingerprint density at radius 3 is 2.63 bits per heavy atom. The molecule has 0 aliphatic heterocycles. The van der Waals surface area contributed by atoms with Gasteiger partial charge in [0.05, 0.1) is 21.4 Å². The van der Waals surface area contributed by atoms with E-state index in [1.165, 1.54) is 7.11 Å². The molecule has 2 aromatic heterocycles. The van der Waals surface area contributed by atoms with Crippen molar-refractivity contribution in [3.63, 3.8) is 0 Å². The van der Waals surface area contributed by atoms with Gasteiger partial charge in [-0.2, -0.15) is 0 Å². The molecule has 0 saturated carbocycles. The maximum absolute atomic E-state index is 11.6. The van der Waals surface area contributed by atoms with Crippen molar-refractivity contribution < 1.29 is 14.5 Å². The quantitative estimate of drug-likeness (QED) is 0.229. The van der Waals surface area contributed by atoms with Gasteiger partial charge < -0.3 is 14.6 Å². The zero-order valence-corrected chi connectivity index (χ0v) is 17.2. The van der Waals surface area contributed by atoms with E-state index in [1.54, 1.807) is 6.92 Å². The summed E-state index contributed by atoms with van der Waals surface area (Å²) >= 11 is 0.848. The number of methoxy groups -OCH3 is 1. The van der Waals surface area contributed by atoms with Gasteiger partial charge in [-0.25, -0.2) is 0 Å². The summed E-state index contributed by atoms with van der Waals surface area (Å²) in [5.74, 6) is 0. The van der Waals surface area contributed by atoms with Crippen molar-refractivity contribution in [2.45, 2.75) is 13.0 Å². The maximum Gasteiger partial charge on any atom is 0.348 e. The number of aldehydes is 1. The zero-order valence-electron chi connectivity index (χ0n) is 16.4. The number of nitro groups is 1. The van der Waals surface area contributed by atoms with Gasteiger partial charge in [-0.3, -0.25) is 14.9 Å². The fraction of sp³-hybridized carbons (Fsp3) is 0.136. The number of aromatic nitrogens is 1. The largest absolute Gasteiger partial charge is 0.377 e. The summed E-state index contributed by atoms with van der Waals surface area (Å²) in [6.45, 7) is 1.76. The lowest BCUT2D eigenvalue weighted by atomic mass is 10.1. The molecule has 1 atom stereocenters. The molecule has 0 spiro atoms. The SMILES string of the molecule is COC(C)c1c(C=O)sc([N+](=O)[O-])c1Nc1ccc2ccn(-c3ccccc3)c2c1. The molecule has 0 aliphatic rings. The van der Waals surface area contributed by atoms with Gasteiger partial charge in [-0.15, -0.1) is 0 Å². The van der Waals surface area contributed by atoms with Crippen molar-refractivity contribution in [2.24, 2.45) is 0 Å². The highest BCUT2D eigenvalue weighted by atomic mass is 32.1. The van der Waals surface area contributed by atoms with E-state index in [0.29, 0.717) is 23.2 Å². The summed E-state index contributed by atoms with van der Waals surface area (Å²) in [6.07, 6.45) is 2.14. The summed E-state index contributed by atoms with van der Waals surface area (Å²) in [6, 6.07) is 17.7. The standard InChI is InChI=1S/C22H19N3O4S/c1-14(29-2)20-19(13-26)30-22(25(27)28)21(20)23-16-9-8-15-10-11-24(18(15)12-16)17-6-4-3-5-7-17/h3-14,23H,1-2H3. The van der Waals surface area contributed by atoms with Gasteiger partial charge >= 0.3 is 5.00 Å². The molecule has 8 heteroatoms. The molecule has 30 heavy (non-hydrogen) atoms. The third-order valence-electron chi connectivity index (χ3n) is 4.99. The van der Waals surface area contributed by atoms with Gasteiger partial charge in [-0.1, -0.05) is 35.6 Å². The van der Waals surface area contributed by atoms with Crippen molar-refractivity contribution in [1.29, 1.82) is 0 Å². The van der Waals surface area contributed by atoms with E-state index >= 15 is 0 Å². The van der Waals surface area contributed by atoms with Crippen LogP contribution in [0.25, 0.3) is 16.6 Å². The van der Waals surface area contributed by atoms with E-state index in [2.05, 4.69) is 9.88 Å². The van der Waals surface area contributed by atoms with Gasteiger partial charge in [0.2, 0.25) is 0 Å². The summed E-state index contributed by atoms with van der Waals surface area (Å²) in [5.41, 5.74) is 3.44. The van der Waals surface area contributed by atoms with Crippen LogP contribution in [0.5, 0.6) is 0 Å². The lowest BCUT2D eigenvalue weighted by Crippen LogP contribution is -2.03. The molecule has 2 aromatic carbocycles. The lowest BCUT2D eigenvalue weighted by Gasteiger charge is -2.14. The van der Waals surface area contributed by atoms with Gasteiger partial charge in [0, 0.05) is 35.6 Å². The van der Waals surface area contributed by atoms with Crippen LogP contribution in [0.4, 0.5) is 16.4 Å². The molecular formula is C22H19N3O4S. The molecule has 0 radical (unpaired) electrons. The number of nitrogens with zero attached hydrogens (tertiary/aromatic N) is 2. The predicted octanol–water partition coefficient (Wildman–Crippen LogP) is 5.86. The Balaban J connectivity index is 1.82. The lowest BCUT2D eigenvalue weighted by molar-refractivity contribution is -0.379. The second kappa shape index (κ2) is 8.10. The molecule has 0 saturated heterocycles. The first-order chi connectivity index (χ1) is 14.5. The van der Waals surface area contributed by atoms with E-state index in [-0.39, 0.29) is 9.88 Å². The van der Waals surface area contributed by atoms with E-state index in [9.17, 15) is 14.9 Å². The highest BCUT2D eigenvalue weighted by Crippen LogP contribution is 2.44. The molecule has 4 aromatic rings. The van der Waals surface area contributed by atoms with E-state index < -0.39 is 11.0 Å². The average Bonchev–Trinajstić information content (AvgIpc) is 3.35. The maximum atomic E-state index is 11.6. The first kappa shape index (κ1) is 19.8. The summed E-state index contributed by atoms with van der Waals surface area (Å²) in [7, 11) is 1.51. The molecule has 2 heterocycles. The monoisotopic (exact) mass is 421 g/mol. The zero-order chi connectivity index (χ0) is 21.3. The topological polar surface area (TPSA) is 86.4 Å². The summed E-state index contributed by atoms with van der Waals surface area (Å²) in [4.78, 5) is 23.0. The summed E-state index contributed by atoms with van der Waals surface area (Å²) in [5, 5.41) is 15.7. The van der Waals surface area contributed by atoms with Crippen LogP contribution in [0, 0.1) is 10.1 Å². The van der Waals surface area contributed by atoms with Crippen LogP contribution < -0.4 is 5.32 Å². The molecule has 152 valence electrons. The second-order valence-corrected chi connectivity index (χ2v) is 7.76. The second-order valence-electron chi connectivity index (χ2n) is 6.73. The third kappa shape index (κ3) is 3.47. The van der Waals surface area contributed by atoms with Gasteiger partial charge in [0.25, 0.3) is 0 Å². The molecule has 1 N–H and O–H groups in total. The highest BCUT2D eigenvalue weighted by Gasteiger charge is 2.29. The van der Waals surface area contributed by atoms with Gasteiger partial charge in [0.15, 0.2) is 6.29 Å². The van der Waals surface area contributed by atoms with Crippen molar-refractivity contribution in [3.8, 4) is 5.69 Å². The molecule has 4 rings (SSSR count). The summed E-state index contributed by atoms with van der Waals surface area (Å²) < 4.78 is 7.42. The third-order valence-corrected chi connectivity index (χ3v) is 6.07. The van der Waals surface area contributed by atoms with Crippen molar-refractivity contribution in [3.05, 3.63) is 81.3 Å². The van der Waals surface area contributed by atoms with Crippen LogP contribution in [-0.2, 0) is 4.74 Å². The van der Waals surface area contributed by atoms with Crippen molar-refractivity contribution >= 4 is 44.9 Å². The van der Waals surface area contributed by atoms with Crippen LogP contribution in [0.1, 0.15) is 28.3 Å². The van der Waals surface area contributed by atoms with Crippen LogP contribution in [-0.4, -0.2) is 22.9 Å². The number of hydrogen-bond donors (Lipinski definition) is 1. The number of rotatable bonds is 7. The average molecular weight is 421 g/mol. The predicted molar refractivity (Wildman–Crippen MR) is 118 cm³/mol. The number of nitrogens with one attached hydrogen (secondary N) is 1. The Labute approximate surface area is 176 Å². The van der Waals surface area contributed by atoms with Crippen LogP contribution >= 0.6 is 11.3 Å². The Morgan fingerprint density at radius 1 is 1.20 bits per heavy atom. The van der Waals surface area contributed by atoms with Gasteiger partial charge in [0.1, 0.15) is 5.69 Å². The van der Waals surface area contributed by atoms with Crippen LogP contribution in [0.2, 0.25) is 0 Å². The molecule has 0 bridgehead atoms. The van der Waals surface area contributed by atoms with Gasteiger partial charge in [-0.05, 0) is 37.3 Å². The fourth-order valence-electron chi connectivity index (χ4n) is 3.47. The van der Waals surface area contributed by atoms with Crippen LogP contribution in [0.3, 0.4) is 0 Å². The Kier molecular flexibility index (Phi) is 5.35. The minimum absolute atomic E-state index is 0.116. The number of para-hydroxylation sites is 1. The van der Waals surface area contributed by atoms with E-state index in [4.69, 9.17) is 4.74 Å². The molecule has 0 aliphatic carbocycles. The number of ether oxygens (including phenoxy) is 1. The minimum Gasteiger partial charge on any atom is -0.377 e. The van der Waals surface area contributed by atoms with Crippen LogP contribution in [0.15, 0.2) is 60.8 Å². The van der Waals surface area contributed by atoms with Crippen molar-refractivity contribution in [1.82, 2.24) is 4.57 Å². The van der Waals surface area contributed by atoms with E-state index in [1.807, 2.05) is 60.8 Å². The Bertz CT molecular complexity index is 1230. The first-order valence-corrected chi connectivity index (χ1v) is 10.1. The number of carbonyl (C=O) groups is 1. The number of hydrogen-bond acceptors (Lipinski definition) is 6. The number of fused-ring (bicyclic) bond motifs is 1. The highest BCUT2D eigenvalue weighted by molar-refractivity contribution is 7.17. The molecule has 7 nitrogen and oxygen atoms in total. The molecule has 0 amide bonds. The minimum atomic E-state index is -0.477. The smallest absolute Gasteiger partial charge is 0.348 e. The van der Waals surface area contributed by atoms with Crippen molar-refractivity contribution in [2.75, 3.05) is 12.4 Å². The number of thiophene rings is 1. The first-order valence-electron chi connectivity index (χ1n) is 9.26. The Hall–Kier alpha value is -3.49. The number of carbonyl (C=O) groups excluding carboxylic acids is 1. The normalized spacial score (nSPS) is 12.1.